The van der Waals surface area contributed by atoms with Gasteiger partial charge in [-0.25, -0.2) is 14.2 Å². The van der Waals surface area contributed by atoms with Crippen LogP contribution in [0.1, 0.15) is 5.56 Å². The van der Waals surface area contributed by atoms with Crippen LogP contribution in [0.2, 0.25) is 0 Å². The zero-order valence-corrected chi connectivity index (χ0v) is 11.5. The number of benzene rings is 1. The van der Waals surface area contributed by atoms with E-state index in [1.807, 2.05) is 4.90 Å². The van der Waals surface area contributed by atoms with Crippen molar-refractivity contribution in [2.75, 3.05) is 31.2 Å². The summed E-state index contributed by atoms with van der Waals surface area (Å²) in [4.78, 5) is 28.2. The molecule has 1 spiro atoms. The second-order valence-electron chi connectivity index (χ2n) is 6.00. The molecule has 2 bridgehead atoms. The molecule has 3 heterocycles. The lowest BCUT2D eigenvalue weighted by Crippen LogP contribution is -2.53. The second kappa shape index (κ2) is 4.08. The van der Waals surface area contributed by atoms with Crippen LogP contribution >= 0.6 is 0 Å². The van der Waals surface area contributed by atoms with E-state index in [1.165, 1.54) is 12.1 Å². The number of hydrogen-bond donors (Lipinski definition) is 0. The third-order valence-corrected chi connectivity index (χ3v) is 4.80. The number of rotatable bonds is 1. The highest BCUT2D eigenvalue weighted by Crippen LogP contribution is 2.40. The summed E-state index contributed by atoms with van der Waals surface area (Å²) in [6.07, 6.45) is -4.50. The maximum atomic E-state index is 12.8. The van der Waals surface area contributed by atoms with E-state index in [-0.39, 0.29) is 10.2 Å². The number of alkyl halides is 3. The number of amides is 3. The van der Waals surface area contributed by atoms with Crippen LogP contribution in [0.4, 0.5) is 23.7 Å². The molecule has 0 N–H and O–H groups in total. The summed E-state index contributed by atoms with van der Waals surface area (Å²) in [7, 11) is 0. The quantitative estimate of drug-likeness (QED) is 0.585. The maximum Gasteiger partial charge on any atom is 0.432 e. The summed E-state index contributed by atoms with van der Waals surface area (Å²) in [6, 6.07) is 3.51. The van der Waals surface area contributed by atoms with Crippen LogP contribution in [0.25, 0.3) is 0 Å². The Bertz CT molecular complexity index is 690. The molecule has 3 aliphatic heterocycles. The Morgan fingerprint density at radius 3 is 2.64 bits per heavy atom. The Hall–Kier alpha value is -1.93. The molecule has 2 unspecified atom stereocenters. The van der Waals surface area contributed by atoms with E-state index >= 15 is 0 Å². The molecule has 3 atom stereocenters. The van der Waals surface area contributed by atoms with Gasteiger partial charge in [0.2, 0.25) is 0 Å². The molecule has 0 aliphatic carbocycles. The average molecular weight is 312 g/mol. The van der Waals surface area contributed by atoms with Crippen LogP contribution in [0.15, 0.2) is 24.3 Å². The van der Waals surface area contributed by atoms with E-state index in [0.717, 1.165) is 23.6 Å². The number of hydrogen-bond acceptors (Lipinski definition) is 3. The average Bonchev–Trinajstić information content (AvgIpc) is 3.10. The molecule has 3 saturated heterocycles. The molecule has 0 aromatic heterocycles. The molecule has 4 rings (SSSR count). The van der Waals surface area contributed by atoms with E-state index in [1.54, 1.807) is 0 Å². The number of quaternary nitrogens is 1. The summed E-state index contributed by atoms with van der Waals surface area (Å²) in [6.45, 7) is 2.27. The van der Waals surface area contributed by atoms with Crippen LogP contribution in [-0.4, -0.2) is 53.7 Å². The van der Waals surface area contributed by atoms with E-state index in [2.05, 4.69) is 0 Å². The van der Waals surface area contributed by atoms with Crippen molar-refractivity contribution < 1.29 is 27.2 Å². The van der Waals surface area contributed by atoms with Crippen molar-refractivity contribution in [1.82, 2.24) is 4.90 Å². The van der Waals surface area contributed by atoms with Gasteiger partial charge in [-0.3, -0.25) is 4.79 Å². The lowest BCUT2D eigenvalue weighted by Gasteiger charge is -2.25. The van der Waals surface area contributed by atoms with Crippen LogP contribution in [0.5, 0.6) is 0 Å². The number of carbonyl (C=O) groups is 2. The predicted molar refractivity (Wildman–Crippen MR) is 69.7 cm³/mol. The standard InChI is InChI=1S/C14H13F3N3O2/c15-14(16,17)9-2-1-3-10(6-9)19-12(21)11-7-18-4-5-20(11,8-18)13(19)22/h1-3,6,11H,4-5,7-8H2/q+1. The Kier molecular flexibility index (Phi) is 2.54. The fourth-order valence-corrected chi connectivity index (χ4v) is 3.70. The number of halogens is 3. The fourth-order valence-electron chi connectivity index (χ4n) is 3.70. The van der Waals surface area contributed by atoms with Gasteiger partial charge >= 0.3 is 12.2 Å². The van der Waals surface area contributed by atoms with Crippen molar-refractivity contribution in [2.45, 2.75) is 12.2 Å². The second-order valence-corrected chi connectivity index (χ2v) is 6.00. The normalized spacial score (nSPS) is 33.7. The largest absolute Gasteiger partial charge is 0.432 e. The van der Waals surface area contributed by atoms with Crippen molar-refractivity contribution in [3.63, 3.8) is 0 Å². The van der Waals surface area contributed by atoms with Crippen molar-refractivity contribution in [3.8, 4) is 0 Å². The van der Waals surface area contributed by atoms with E-state index < -0.39 is 29.7 Å². The summed E-state index contributed by atoms with van der Waals surface area (Å²) in [5.41, 5.74) is -0.856. The summed E-state index contributed by atoms with van der Waals surface area (Å²) in [5.74, 6) is -0.397. The van der Waals surface area contributed by atoms with E-state index in [9.17, 15) is 22.8 Å². The van der Waals surface area contributed by atoms with Gasteiger partial charge in [0.1, 0.15) is 13.2 Å². The molecule has 1 aromatic rings. The highest BCUT2D eigenvalue weighted by atomic mass is 19.4. The van der Waals surface area contributed by atoms with Crippen molar-refractivity contribution >= 4 is 17.6 Å². The number of urea groups is 1. The third kappa shape index (κ3) is 1.62. The minimum absolute atomic E-state index is 0.00479. The molecule has 5 nitrogen and oxygen atoms in total. The number of piperazine rings is 1. The van der Waals surface area contributed by atoms with Gasteiger partial charge in [0.05, 0.1) is 24.3 Å². The third-order valence-electron chi connectivity index (χ3n) is 4.80. The summed E-state index contributed by atoms with van der Waals surface area (Å²) < 4.78 is 38.5. The first kappa shape index (κ1) is 13.7. The van der Waals surface area contributed by atoms with Crippen molar-refractivity contribution in [1.29, 1.82) is 0 Å². The number of imide groups is 1. The van der Waals surface area contributed by atoms with Crippen molar-refractivity contribution in [3.05, 3.63) is 29.8 Å². The first-order valence-electron chi connectivity index (χ1n) is 6.98. The molecule has 116 valence electrons. The number of fused-ring (bicyclic) bond motifs is 1. The smallest absolute Gasteiger partial charge is 0.267 e. The molecule has 3 fully saturated rings. The topological polar surface area (TPSA) is 40.6 Å². The Morgan fingerprint density at radius 1 is 1.23 bits per heavy atom. The zero-order chi connectivity index (χ0) is 15.7. The Labute approximate surface area is 124 Å². The van der Waals surface area contributed by atoms with Crippen molar-refractivity contribution in [2.24, 2.45) is 0 Å². The molecule has 8 heteroatoms. The molecule has 3 amide bonds. The van der Waals surface area contributed by atoms with Gasteiger partial charge in [-0.1, -0.05) is 6.07 Å². The van der Waals surface area contributed by atoms with E-state index in [0.29, 0.717) is 19.8 Å². The maximum absolute atomic E-state index is 12.8. The lowest BCUT2D eigenvalue weighted by molar-refractivity contribution is -0.837. The van der Waals surface area contributed by atoms with Crippen LogP contribution in [0, 0.1) is 0 Å². The number of carbonyl (C=O) groups excluding carboxylic acids is 2. The predicted octanol–water partition coefficient (Wildman–Crippen LogP) is 1.64. The van der Waals surface area contributed by atoms with Gasteiger partial charge in [-0.15, -0.1) is 0 Å². The van der Waals surface area contributed by atoms with Crippen LogP contribution < -0.4 is 4.90 Å². The van der Waals surface area contributed by atoms with Gasteiger partial charge in [-0.2, -0.15) is 18.1 Å². The molecule has 0 saturated carbocycles. The minimum Gasteiger partial charge on any atom is -0.267 e. The zero-order valence-electron chi connectivity index (χ0n) is 11.5. The van der Waals surface area contributed by atoms with Gasteiger partial charge < -0.3 is 0 Å². The highest BCUT2D eigenvalue weighted by Gasteiger charge is 2.68. The lowest BCUT2D eigenvalue weighted by atomic mass is 10.1. The molecular weight excluding hydrogens is 299 g/mol. The minimum atomic E-state index is -4.50. The number of anilines is 1. The fraction of sp³-hybridized carbons (Fsp3) is 0.429. The van der Waals surface area contributed by atoms with Gasteiger partial charge in [0.25, 0.3) is 5.91 Å². The first-order valence-corrected chi connectivity index (χ1v) is 6.98. The highest BCUT2D eigenvalue weighted by molar-refractivity contribution is 6.18. The van der Waals surface area contributed by atoms with Gasteiger partial charge in [0.15, 0.2) is 6.04 Å². The first-order chi connectivity index (χ1) is 10.3. The van der Waals surface area contributed by atoms with E-state index in [4.69, 9.17) is 0 Å². The molecular formula is C14H13F3N3O2+. The summed E-state index contributed by atoms with van der Waals surface area (Å²) in [5, 5.41) is 0. The SMILES string of the molecule is O=C1C2C[N@]3CC[N+]2(C3)C(=O)N1c1cccc(C(F)(F)F)c1. The molecule has 0 radical (unpaired) electrons. The number of nitrogens with zero attached hydrogens (tertiary/aromatic N) is 3. The summed E-state index contributed by atoms with van der Waals surface area (Å²) >= 11 is 0. The van der Waals surface area contributed by atoms with Gasteiger partial charge in [0, 0.05) is 0 Å². The molecule has 22 heavy (non-hydrogen) atoms. The molecule has 3 aliphatic rings. The van der Waals surface area contributed by atoms with Crippen LogP contribution in [-0.2, 0) is 11.0 Å². The Balaban J connectivity index is 1.75. The Morgan fingerprint density at radius 2 is 2.00 bits per heavy atom. The van der Waals surface area contributed by atoms with Crippen LogP contribution in [0.3, 0.4) is 0 Å². The monoisotopic (exact) mass is 312 g/mol. The molecule has 1 aromatic carbocycles. The van der Waals surface area contributed by atoms with Gasteiger partial charge in [-0.05, 0) is 18.2 Å².